The average molecular weight is 450 g/mol. The number of hydrogen-bond acceptors (Lipinski definition) is 3. The summed E-state index contributed by atoms with van der Waals surface area (Å²) < 4.78 is 2.10. The molecule has 0 saturated carbocycles. The molecule has 0 atom stereocenters. The summed E-state index contributed by atoms with van der Waals surface area (Å²) in [5, 5.41) is 6.61. The molecule has 0 spiro atoms. The first-order valence-corrected chi connectivity index (χ1v) is 8.02. The van der Waals surface area contributed by atoms with Gasteiger partial charge in [0.25, 0.3) is 0 Å². The highest BCUT2D eigenvalue weighted by molar-refractivity contribution is 14.0. The third-order valence-corrected chi connectivity index (χ3v) is 3.92. The molecular formula is C18H23IN6. The molecule has 25 heavy (non-hydrogen) atoms. The number of halogens is 1. The summed E-state index contributed by atoms with van der Waals surface area (Å²) in [6.07, 6.45) is 2.67. The minimum absolute atomic E-state index is 0. The average Bonchev–Trinajstić information content (AvgIpc) is 2.95. The minimum atomic E-state index is 0. The second-order valence-electron chi connectivity index (χ2n) is 5.50. The van der Waals surface area contributed by atoms with Crippen LogP contribution < -0.4 is 10.6 Å². The van der Waals surface area contributed by atoms with Crippen molar-refractivity contribution in [2.24, 2.45) is 12.0 Å². The first-order chi connectivity index (χ1) is 11.8. The van der Waals surface area contributed by atoms with Gasteiger partial charge < -0.3 is 15.2 Å². The van der Waals surface area contributed by atoms with Gasteiger partial charge >= 0.3 is 0 Å². The lowest BCUT2D eigenvalue weighted by molar-refractivity contribution is 0.731. The molecule has 6 nitrogen and oxygen atoms in total. The Labute approximate surface area is 164 Å². The largest absolute Gasteiger partial charge is 0.356 e. The number of para-hydroxylation sites is 2. The number of aromatic nitrogens is 3. The molecule has 2 N–H and O–H groups in total. The third-order valence-electron chi connectivity index (χ3n) is 3.92. The molecule has 132 valence electrons. The maximum Gasteiger partial charge on any atom is 0.191 e. The molecule has 0 unspecified atom stereocenters. The number of benzene rings is 1. The molecule has 0 bridgehead atoms. The number of imidazole rings is 1. The monoisotopic (exact) mass is 450 g/mol. The molecule has 3 aromatic rings. The molecule has 0 radical (unpaired) electrons. The van der Waals surface area contributed by atoms with E-state index in [4.69, 9.17) is 0 Å². The quantitative estimate of drug-likeness (QED) is 0.356. The molecule has 0 amide bonds. The van der Waals surface area contributed by atoms with E-state index >= 15 is 0 Å². The van der Waals surface area contributed by atoms with Crippen molar-refractivity contribution in [3.63, 3.8) is 0 Å². The van der Waals surface area contributed by atoms with Gasteiger partial charge in [-0.25, -0.2) is 4.98 Å². The maximum atomic E-state index is 4.65. The van der Waals surface area contributed by atoms with Crippen LogP contribution in [0.5, 0.6) is 0 Å². The van der Waals surface area contributed by atoms with Crippen molar-refractivity contribution in [2.75, 3.05) is 13.6 Å². The highest BCUT2D eigenvalue weighted by Crippen LogP contribution is 2.13. The molecule has 7 heteroatoms. The predicted molar refractivity (Wildman–Crippen MR) is 112 cm³/mol. The Morgan fingerprint density at radius 1 is 1.12 bits per heavy atom. The Hall–Kier alpha value is -2.16. The number of hydrogen-bond donors (Lipinski definition) is 2. The van der Waals surface area contributed by atoms with Gasteiger partial charge in [-0.3, -0.25) is 9.98 Å². The van der Waals surface area contributed by atoms with Crippen LogP contribution in [0.3, 0.4) is 0 Å². The van der Waals surface area contributed by atoms with E-state index in [0.29, 0.717) is 6.54 Å². The van der Waals surface area contributed by atoms with Crippen molar-refractivity contribution in [3.05, 3.63) is 60.2 Å². The van der Waals surface area contributed by atoms with Crippen LogP contribution in [-0.2, 0) is 20.0 Å². The first-order valence-electron chi connectivity index (χ1n) is 8.02. The molecule has 3 rings (SSSR count). The Balaban J connectivity index is 0.00000225. The fraction of sp³-hybridized carbons (Fsp3) is 0.278. The summed E-state index contributed by atoms with van der Waals surface area (Å²) in [7, 11) is 3.80. The van der Waals surface area contributed by atoms with Crippen LogP contribution in [0.2, 0.25) is 0 Å². The van der Waals surface area contributed by atoms with Crippen molar-refractivity contribution >= 4 is 41.0 Å². The van der Waals surface area contributed by atoms with Crippen LogP contribution >= 0.6 is 24.0 Å². The summed E-state index contributed by atoms with van der Waals surface area (Å²) in [6, 6.07) is 14.1. The first kappa shape index (κ1) is 19.2. The van der Waals surface area contributed by atoms with Gasteiger partial charge in [0.05, 0.1) is 17.6 Å². The van der Waals surface area contributed by atoms with Gasteiger partial charge in [0.2, 0.25) is 0 Å². The van der Waals surface area contributed by atoms with Gasteiger partial charge in [0, 0.05) is 39.0 Å². The zero-order valence-electron chi connectivity index (χ0n) is 14.4. The molecule has 1 aromatic carbocycles. The molecule has 0 aliphatic heterocycles. The van der Waals surface area contributed by atoms with E-state index in [-0.39, 0.29) is 24.0 Å². The van der Waals surface area contributed by atoms with Crippen molar-refractivity contribution in [2.45, 2.75) is 13.0 Å². The van der Waals surface area contributed by atoms with Crippen LogP contribution in [0, 0.1) is 0 Å². The van der Waals surface area contributed by atoms with Gasteiger partial charge in [-0.05, 0) is 24.3 Å². The number of aliphatic imine (C=N–C) groups is 1. The lowest BCUT2D eigenvalue weighted by Crippen LogP contribution is -2.38. The highest BCUT2D eigenvalue weighted by Gasteiger charge is 2.07. The number of aryl methyl sites for hydroxylation is 1. The van der Waals surface area contributed by atoms with E-state index in [0.717, 1.165) is 41.5 Å². The Bertz CT molecular complexity index is 828. The molecular weight excluding hydrogens is 427 g/mol. The molecule has 0 saturated heterocycles. The van der Waals surface area contributed by atoms with E-state index in [1.807, 2.05) is 49.6 Å². The summed E-state index contributed by atoms with van der Waals surface area (Å²) in [5.41, 5.74) is 3.21. The highest BCUT2D eigenvalue weighted by atomic mass is 127. The Morgan fingerprint density at radius 3 is 2.64 bits per heavy atom. The zero-order chi connectivity index (χ0) is 16.8. The maximum absolute atomic E-state index is 4.65. The van der Waals surface area contributed by atoms with Gasteiger partial charge in [-0.1, -0.05) is 18.2 Å². The standard InChI is InChI=1S/C18H22N6.HI/c1-19-18(21-12-10-14-7-5-6-11-20-14)22-13-17-23-15-8-3-4-9-16(15)24(17)2;/h3-9,11H,10,12-13H2,1-2H3,(H2,19,21,22);1H. The number of guanidine groups is 1. The van der Waals surface area contributed by atoms with Gasteiger partial charge in [-0.15, -0.1) is 24.0 Å². The lowest BCUT2D eigenvalue weighted by Gasteiger charge is -2.11. The minimum Gasteiger partial charge on any atom is -0.356 e. The van der Waals surface area contributed by atoms with Gasteiger partial charge in [0.1, 0.15) is 5.82 Å². The predicted octanol–water partition coefficient (Wildman–Crippen LogP) is 2.49. The Kier molecular flexibility index (Phi) is 7.17. The van der Waals surface area contributed by atoms with E-state index in [2.05, 4.69) is 36.2 Å². The topological polar surface area (TPSA) is 67.1 Å². The van der Waals surface area contributed by atoms with E-state index in [1.54, 1.807) is 7.05 Å². The van der Waals surface area contributed by atoms with Crippen LogP contribution in [0.4, 0.5) is 0 Å². The second kappa shape index (κ2) is 9.36. The van der Waals surface area contributed by atoms with Crippen molar-refractivity contribution in [3.8, 4) is 0 Å². The fourth-order valence-corrected chi connectivity index (χ4v) is 2.59. The third kappa shape index (κ3) is 4.91. The Morgan fingerprint density at radius 2 is 1.92 bits per heavy atom. The van der Waals surface area contributed by atoms with Crippen molar-refractivity contribution in [1.29, 1.82) is 0 Å². The molecule has 2 heterocycles. The zero-order valence-corrected chi connectivity index (χ0v) is 16.8. The van der Waals surface area contributed by atoms with E-state index in [1.165, 1.54) is 0 Å². The molecule has 0 fully saturated rings. The SMILES string of the molecule is CN=C(NCCc1ccccn1)NCc1nc2ccccc2n1C.I. The van der Waals surface area contributed by atoms with E-state index < -0.39 is 0 Å². The lowest BCUT2D eigenvalue weighted by atomic mass is 10.3. The summed E-state index contributed by atoms with van der Waals surface area (Å²) >= 11 is 0. The van der Waals surface area contributed by atoms with Crippen LogP contribution in [0.25, 0.3) is 11.0 Å². The van der Waals surface area contributed by atoms with Gasteiger partial charge in [0.15, 0.2) is 5.96 Å². The second-order valence-corrected chi connectivity index (χ2v) is 5.50. The number of pyridine rings is 1. The van der Waals surface area contributed by atoms with Crippen LogP contribution in [-0.4, -0.2) is 34.1 Å². The number of nitrogens with one attached hydrogen (secondary N) is 2. The normalized spacial score (nSPS) is 11.2. The summed E-state index contributed by atoms with van der Waals surface area (Å²) in [5.74, 6) is 1.74. The van der Waals surface area contributed by atoms with Crippen molar-refractivity contribution in [1.82, 2.24) is 25.2 Å². The number of rotatable bonds is 5. The van der Waals surface area contributed by atoms with Crippen LogP contribution in [0.1, 0.15) is 11.5 Å². The fourth-order valence-electron chi connectivity index (χ4n) is 2.59. The molecule has 2 aromatic heterocycles. The smallest absolute Gasteiger partial charge is 0.191 e. The van der Waals surface area contributed by atoms with Crippen LogP contribution in [0.15, 0.2) is 53.7 Å². The van der Waals surface area contributed by atoms with E-state index in [9.17, 15) is 0 Å². The number of nitrogens with zero attached hydrogens (tertiary/aromatic N) is 4. The summed E-state index contributed by atoms with van der Waals surface area (Å²) in [4.78, 5) is 13.2. The van der Waals surface area contributed by atoms with Gasteiger partial charge in [-0.2, -0.15) is 0 Å². The summed E-state index contributed by atoms with van der Waals surface area (Å²) in [6.45, 7) is 1.40. The molecule has 0 aliphatic carbocycles. The van der Waals surface area contributed by atoms with Crippen molar-refractivity contribution < 1.29 is 0 Å². The molecule has 0 aliphatic rings. The number of fused-ring (bicyclic) bond motifs is 1.